The number of aromatic amines is 1. The Morgan fingerprint density at radius 1 is 1.40 bits per heavy atom. The highest BCUT2D eigenvalue weighted by Gasteiger charge is 2.17. The maximum absolute atomic E-state index is 13.5. The number of nitriles is 1. The Morgan fingerprint density at radius 2 is 2.16 bits per heavy atom. The van der Waals surface area contributed by atoms with Crippen molar-refractivity contribution in [2.45, 2.75) is 26.4 Å². The molecule has 0 aliphatic carbocycles. The smallest absolute Gasteiger partial charge is 0.412 e. The number of anilines is 2. The van der Waals surface area contributed by atoms with E-state index in [0.29, 0.717) is 5.69 Å². The number of H-pyrrole nitrogens is 1. The van der Waals surface area contributed by atoms with Crippen molar-refractivity contribution < 1.29 is 13.9 Å². The maximum Gasteiger partial charge on any atom is 0.412 e. The molecular formula is C15H16FN7O2. The fourth-order valence-electron chi connectivity index (χ4n) is 1.73. The molecule has 0 atom stereocenters. The van der Waals surface area contributed by atoms with Crippen molar-refractivity contribution in [3.8, 4) is 6.07 Å². The number of carbonyl (C=O) groups is 1. The van der Waals surface area contributed by atoms with Gasteiger partial charge in [-0.1, -0.05) is 0 Å². The largest absolute Gasteiger partial charge is 0.444 e. The number of ether oxygens (including phenoxy) is 1. The molecule has 0 radical (unpaired) electrons. The molecule has 1 amide bonds. The zero-order chi connectivity index (χ0) is 18.4. The van der Waals surface area contributed by atoms with Gasteiger partial charge < -0.3 is 10.1 Å². The van der Waals surface area contributed by atoms with Gasteiger partial charge in [0, 0.05) is 6.20 Å². The number of hydrogen-bond acceptors (Lipinski definition) is 7. The van der Waals surface area contributed by atoms with Gasteiger partial charge in [-0.3, -0.25) is 5.32 Å². The number of amides is 1. The predicted octanol–water partition coefficient (Wildman–Crippen LogP) is 2.66. The highest BCUT2D eigenvalue weighted by Crippen LogP contribution is 2.24. The van der Waals surface area contributed by atoms with Crippen molar-refractivity contribution in [3.63, 3.8) is 0 Å². The van der Waals surface area contributed by atoms with Gasteiger partial charge in [-0.15, -0.1) is 10.2 Å². The van der Waals surface area contributed by atoms with Crippen LogP contribution in [0, 0.1) is 17.1 Å². The molecule has 130 valence electrons. The van der Waals surface area contributed by atoms with Gasteiger partial charge >= 0.3 is 6.09 Å². The first kappa shape index (κ1) is 17.9. The SMILES string of the molecule is CC(C)(C)OC(=O)Nc1cc(F)ccc1NC=C(C#N)c1nn[nH]n1. The van der Waals surface area contributed by atoms with E-state index in [1.165, 1.54) is 18.3 Å². The molecule has 1 aromatic carbocycles. The van der Waals surface area contributed by atoms with Crippen LogP contribution < -0.4 is 10.6 Å². The standard InChI is InChI=1S/C15H16FN7O2/c1-15(2,3)25-14(24)19-12-6-10(16)4-5-11(12)18-8-9(7-17)13-20-22-23-21-13/h4-6,8,18H,1-3H3,(H,19,24)(H,20,21,22,23). The fraction of sp³-hybridized carbons (Fsp3) is 0.267. The Balaban J connectivity index is 2.21. The van der Waals surface area contributed by atoms with Crippen LogP contribution in [0.1, 0.15) is 26.6 Å². The second-order valence-corrected chi connectivity index (χ2v) is 5.87. The van der Waals surface area contributed by atoms with Crippen LogP contribution in [-0.2, 0) is 4.74 Å². The lowest BCUT2D eigenvalue weighted by Crippen LogP contribution is -2.27. The summed E-state index contributed by atoms with van der Waals surface area (Å²) in [6, 6.07) is 5.64. The number of hydrogen-bond donors (Lipinski definition) is 3. The summed E-state index contributed by atoms with van der Waals surface area (Å²) in [4.78, 5) is 11.9. The van der Waals surface area contributed by atoms with E-state index in [-0.39, 0.29) is 17.1 Å². The van der Waals surface area contributed by atoms with E-state index in [9.17, 15) is 9.18 Å². The van der Waals surface area contributed by atoms with Crippen LogP contribution in [0.4, 0.5) is 20.6 Å². The van der Waals surface area contributed by atoms with Crippen molar-refractivity contribution in [2.75, 3.05) is 10.6 Å². The molecule has 0 aliphatic heterocycles. The maximum atomic E-state index is 13.5. The van der Waals surface area contributed by atoms with Crippen LogP contribution in [0.3, 0.4) is 0 Å². The van der Waals surface area contributed by atoms with Gasteiger partial charge in [0.15, 0.2) is 0 Å². The number of nitrogens with zero attached hydrogens (tertiary/aromatic N) is 4. The number of allylic oxidation sites excluding steroid dienone is 1. The average Bonchev–Trinajstić information content (AvgIpc) is 3.02. The number of nitrogens with one attached hydrogen (secondary N) is 3. The minimum atomic E-state index is -0.733. The second kappa shape index (κ2) is 7.39. The van der Waals surface area contributed by atoms with Crippen LogP contribution in [-0.4, -0.2) is 32.3 Å². The summed E-state index contributed by atoms with van der Waals surface area (Å²) in [5.74, 6) is -0.446. The summed E-state index contributed by atoms with van der Waals surface area (Å²) < 4.78 is 18.6. The Labute approximate surface area is 142 Å². The third-order valence-corrected chi connectivity index (χ3v) is 2.70. The summed E-state index contributed by atoms with van der Waals surface area (Å²) in [7, 11) is 0. The molecule has 1 heterocycles. The van der Waals surface area contributed by atoms with Gasteiger partial charge in [0.1, 0.15) is 23.1 Å². The van der Waals surface area contributed by atoms with Gasteiger partial charge in [0.25, 0.3) is 0 Å². The number of tetrazole rings is 1. The van der Waals surface area contributed by atoms with Crippen molar-refractivity contribution in [3.05, 3.63) is 36.0 Å². The number of rotatable bonds is 4. The van der Waals surface area contributed by atoms with Gasteiger partial charge in [-0.2, -0.15) is 10.5 Å². The normalized spacial score (nSPS) is 11.6. The summed E-state index contributed by atoms with van der Waals surface area (Å²) in [6.45, 7) is 5.14. The Bertz CT molecular complexity index is 819. The van der Waals surface area contributed by atoms with Crippen LogP contribution >= 0.6 is 0 Å². The summed E-state index contributed by atoms with van der Waals surface area (Å²) in [6.07, 6.45) is 0.585. The minimum absolute atomic E-state index is 0.0961. The van der Waals surface area contributed by atoms with Gasteiger partial charge in [-0.25, -0.2) is 9.18 Å². The van der Waals surface area contributed by atoms with Crippen molar-refractivity contribution >= 4 is 23.0 Å². The third kappa shape index (κ3) is 5.28. The third-order valence-electron chi connectivity index (χ3n) is 2.70. The van der Waals surface area contributed by atoms with E-state index in [1.807, 2.05) is 6.07 Å². The monoisotopic (exact) mass is 345 g/mol. The topological polar surface area (TPSA) is 129 Å². The van der Waals surface area contributed by atoms with Crippen molar-refractivity contribution in [1.82, 2.24) is 20.6 Å². The lowest BCUT2D eigenvalue weighted by molar-refractivity contribution is 0.0636. The molecule has 2 aromatic rings. The number of carbonyl (C=O) groups excluding carboxylic acids is 1. The van der Waals surface area contributed by atoms with Gasteiger partial charge in [0.05, 0.1) is 11.4 Å². The predicted molar refractivity (Wildman–Crippen MR) is 87.6 cm³/mol. The lowest BCUT2D eigenvalue weighted by Gasteiger charge is -2.20. The first-order valence-electron chi connectivity index (χ1n) is 7.18. The molecule has 0 saturated heterocycles. The molecule has 0 unspecified atom stereocenters. The van der Waals surface area contributed by atoms with Crippen LogP contribution in [0.15, 0.2) is 24.4 Å². The zero-order valence-corrected chi connectivity index (χ0v) is 13.8. The zero-order valence-electron chi connectivity index (χ0n) is 13.8. The van der Waals surface area contributed by atoms with E-state index in [0.717, 1.165) is 6.07 Å². The Hall–Kier alpha value is -3.48. The average molecular weight is 345 g/mol. The first-order valence-corrected chi connectivity index (χ1v) is 7.18. The van der Waals surface area contributed by atoms with Gasteiger partial charge in [-0.05, 0) is 44.2 Å². The molecule has 10 heteroatoms. The molecule has 1 aromatic heterocycles. The van der Waals surface area contributed by atoms with Crippen LogP contribution in [0.25, 0.3) is 5.57 Å². The Kier molecular flexibility index (Phi) is 5.28. The van der Waals surface area contributed by atoms with Crippen molar-refractivity contribution in [2.24, 2.45) is 0 Å². The van der Waals surface area contributed by atoms with E-state index in [4.69, 9.17) is 10.00 Å². The molecule has 0 bridgehead atoms. The summed E-state index contributed by atoms with van der Waals surface area (Å²) in [5, 5.41) is 27.4. The molecular weight excluding hydrogens is 329 g/mol. The highest BCUT2D eigenvalue weighted by atomic mass is 19.1. The number of aromatic nitrogens is 4. The molecule has 25 heavy (non-hydrogen) atoms. The van der Waals surface area contributed by atoms with Crippen LogP contribution in [0.5, 0.6) is 0 Å². The number of halogens is 1. The molecule has 2 rings (SSSR count). The molecule has 0 fully saturated rings. The van der Waals surface area contributed by atoms with E-state index < -0.39 is 17.5 Å². The summed E-state index contributed by atoms with van der Waals surface area (Å²) in [5.41, 5.74) is -0.0991. The molecule has 3 N–H and O–H groups in total. The quantitative estimate of drug-likeness (QED) is 0.726. The first-order chi connectivity index (χ1) is 11.8. The van der Waals surface area contributed by atoms with E-state index in [2.05, 4.69) is 31.3 Å². The molecule has 9 nitrogen and oxygen atoms in total. The van der Waals surface area contributed by atoms with E-state index in [1.54, 1.807) is 20.8 Å². The highest BCUT2D eigenvalue weighted by molar-refractivity contribution is 5.90. The lowest BCUT2D eigenvalue weighted by atomic mass is 10.2. The van der Waals surface area contributed by atoms with Gasteiger partial charge in [0.2, 0.25) is 5.82 Å². The van der Waals surface area contributed by atoms with Crippen molar-refractivity contribution in [1.29, 1.82) is 5.26 Å². The summed E-state index contributed by atoms with van der Waals surface area (Å²) >= 11 is 0. The molecule has 0 spiro atoms. The van der Waals surface area contributed by atoms with Crippen LogP contribution in [0.2, 0.25) is 0 Å². The van der Waals surface area contributed by atoms with E-state index >= 15 is 0 Å². The molecule has 0 saturated carbocycles. The second-order valence-electron chi connectivity index (χ2n) is 5.87. The minimum Gasteiger partial charge on any atom is -0.444 e. The number of benzene rings is 1. The Morgan fingerprint density at radius 3 is 2.76 bits per heavy atom. The fourth-order valence-corrected chi connectivity index (χ4v) is 1.73. The molecule has 0 aliphatic rings.